The van der Waals surface area contributed by atoms with E-state index in [1.165, 1.54) is 6.08 Å². The molecule has 82 valence electrons. The molecule has 0 spiro atoms. The first-order valence-electron chi connectivity index (χ1n) is 5.14. The third kappa shape index (κ3) is 1.45. The maximum Gasteiger partial charge on any atom is 0.234 e. The van der Waals surface area contributed by atoms with Gasteiger partial charge in [0.25, 0.3) is 0 Å². The van der Waals surface area contributed by atoms with Crippen LogP contribution < -0.4 is 5.32 Å². The minimum absolute atomic E-state index is 0.00514. The maximum absolute atomic E-state index is 11.8. The van der Waals surface area contributed by atoms with Crippen molar-refractivity contribution < 1.29 is 9.59 Å². The zero-order chi connectivity index (χ0) is 11.8. The SMILES string of the molecule is CC1(C)C(=O)Nc2c(/C=C/C=O)cccc21. The Morgan fingerprint density at radius 1 is 1.31 bits per heavy atom. The molecule has 1 amide bonds. The molecule has 16 heavy (non-hydrogen) atoms. The number of carbonyl (C=O) groups is 2. The van der Waals surface area contributed by atoms with Crippen molar-refractivity contribution in [3.05, 3.63) is 35.4 Å². The number of nitrogens with one attached hydrogen (secondary N) is 1. The van der Waals surface area contributed by atoms with Crippen molar-refractivity contribution in [2.24, 2.45) is 0 Å². The van der Waals surface area contributed by atoms with Crippen molar-refractivity contribution in [2.75, 3.05) is 5.32 Å². The minimum atomic E-state index is -0.500. The molecule has 3 nitrogen and oxygen atoms in total. The quantitative estimate of drug-likeness (QED) is 0.606. The van der Waals surface area contributed by atoms with Crippen LogP contribution in [0.5, 0.6) is 0 Å². The standard InChI is InChI=1S/C13H13NO2/c1-13(2)10-7-3-5-9(6-4-8-15)11(10)14-12(13)16/h3-8H,1-2H3,(H,14,16)/b6-4+. The smallest absolute Gasteiger partial charge is 0.234 e. The lowest BCUT2D eigenvalue weighted by molar-refractivity contribution is -0.119. The molecule has 0 fully saturated rings. The van der Waals surface area contributed by atoms with Crippen molar-refractivity contribution in [3.8, 4) is 0 Å². The van der Waals surface area contributed by atoms with Crippen molar-refractivity contribution in [1.29, 1.82) is 0 Å². The monoisotopic (exact) mass is 215 g/mol. The van der Waals surface area contributed by atoms with Gasteiger partial charge in [0.15, 0.2) is 0 Å². The number of anilines is 1. The molecule has 1 aliphatic heterocycles. The van der Waals surface area contributed by atoms with E-state index in [0.717, 1.165) is 23.1 Å². The number of benzene rings is 1. The van der Waals surface area contributed by atoms with E-state index in [1.807, 2.05) is 32.0 Å². The lowest BCUT2D eigenvalue weighted by Crippen LogP contribution is -2.26. The second kappa shape index (κ2) is 3.59. The molecule has 1 aliphatic rings. The number of fused-ring (bicyclic) bond motifs is 1. The molecule has 1 heterocycles. The van der Waals surface area contributed by atoms with Crippen LogP contribution in [0.15, 0.2) is 24.3 Å². The highest BCUT2D eigenvalue weighted by molar-refractivity contribution is 6.07. The average molecular weight is 215 g/mol. The number of carbonyl (C=O) groups excluding carboxylic acids is 2. The highest BCUT2D eigenvalue weighted by atomic mass is 16.2. The van der Waals surface area contributed by atoms with Crippen molar-refractivity contribution >= 4 is 24.0 Å². The fourth-order valence-electron chi connectivity index (χ4n) is 1.90. The first-order chi connectivity index (χ1) is 7.57. The molecule has 0 unspecified atom stereocenters. The molecule has 1 aromatic carbocycles. The van der Waals surface area contributed by atoms with Crippen LogP contribution in [0.3, 0.4) is 0 Å². The van der Waals surface area contributed by atoms with Crippen LogP contribution in [0, 0.1) is 0 Å². The molecular weight excluding hydrogens is 202 g/mol. The molecule has 1 aromatic rings. The molecular formula is C13H13NO2. The summed E-state index contributed by atoms with van der Waals surface area (Å²) in [6.45, 7) is 3.78. The Morgan fingerprint density at radius 2 is 2.06 bits per heavy atom. The van der Waals surface area contributed by atoms with Gasteiger partial charge in [-0.1, -0.05) is 18.2 Å². The number of amides is 1. The van der Waals surface area contributed by atoms with Crippen LogP contribution in [0.2, 0.25) is 0 Å². The highest BCUT2D eigenvalue weighted by Crippen LogP contribution is 2.39. The fourth-order valence-corrected chi connectivity index (χ4v) is 1.90. The van der Waals surface area contributed by atoms with Crippen LogP contribution in [0.1, 0.15) is 25.0 Å². The first kappa shape index (κ1) is 10.6. The van der Waals surface area contributed by atoms with Gasteiger partial charge in [-0.3, -0.25) is 9.59 Å². The minimum Gasteiger partial charge on any atom is -0.324 e. The van der Waals surface area contributed by atoms with Gasteiger partial charge in [-0.15, -0.1) is 0 Å². The van der Waals surface area contributed by atoms with E-state index in [1.54, 1.807) is 6.08 Å². The number of para-hydroxylation sites is 1. The lowest BCUT2D eigenvalue weighted by Gasteiger charge is -2.14. The lowest BCUT2D eigenvalue weighted by atomic mass is 9.85. The van der Waals surface area contributed by atoms with E-state index in [4.69, 9.17) is 0 Å². The Labute approximate surface area is 94.2 Å². The summed E-state index contributed by atoms with van der Waals surface area (Å²) in [5.41, 5.74) is 2.16. The summed E-state index contributed by atoms with van der Waals surface area (Å²) in [5.74, 6) is -0.00514. The van der Waals surface area contributed by atoms with Crippen molar-refractivity contribution in [3.63, 3.8) is 0 Å². The Bertz CT molecular complexity index is 487. The number of hydrogen-bond donors (Lipinski definition) is 1. The van der Waals surface area contributed by atoms with E-state index in [2.05, 4.69) is 5.32 Å². The third-order valence-corrected chi connectivity index (χ3v) is 2.93. The molecule has 0 saturated carbocycles. The summed E-state index contributed by atoms with van der Waals surface area (Å²) in [7, 11) is 0. The Balaban J connectivity index is 2.56. The van der Waals surface area contributed by atoms with Gasteiger partial charge in [-0.2, -0.15) is 0 Å². The molecule has 0 radical (unpaired) electrons. The summed E-state index contributed by atoms with van der Waals surface area (Å²) in [6.07, 6.45) is 3.85. The van der Waals surface area contributed by atoms with E-state index >= 15 is 0 Å². The Hall–Kier alpha value is -1.90. The largest absolute Gasteiger partial charge is 0.324 e. The van der Waals surface area contributed by atoms with Crippen molar-refractivity contribution in [2.45, 2.75) is 19.3 Å². The molecule has 0 aromatic heterocycles. The summed E-state index contributed by atoms with van der Waals surface area (Å²) >= 11 is 0. The number of rotatable bonds is 2. The van der Waals surface area contributed by atoms with Gasteiger partial charge in [0, 0.05) is 0 Å². The molecule has 0 atom stereocenters. The van der Waals surface area contributed by atoms with Gasteiger partial charge in [-0.25, -0.2) is 0 Å². The van der Waals surface area contributed by atoms with Crippen LogP contribution in [0.25, 0.3) is 6.08 Å². The third-order valence-electron chi connectivity index (χ3n) is 2.93. The molecule has 1 N–H and O–H groups in total. The fraction of sp³-hybridized carbons (Fsp3) is 0.231. The normalized spacial score (nSPS) is 17.2. The average Bonchev–Trinajstić information content (AvgIpc) is 2.49. The second-order valence-corrected chi connectivity index (χ2v) is 4.34. The van der Waals surface area contributed by atoms with Crippen LogP contribution in [0.4, 0.5) is 5.69 Å². The number of aldehydes is 1. The van der Waals surface area contributed by atoms with Crippen LogP contribution in [-0.4, -0.2) is 12.2 Å². The van der Waals surface area contributed by atoms with Crippen LogP contribution >= 0.6 is 0 Å². The zero-order valence-electron chi connectivity index (χ0n) is 9.28. The molecule has 0 bridgehead atoms. The maximum atomic E-state index is 11.8. The van der Waals surface area contributed by atoms with Gasteiger partial charge in [-0.05, 0) is 37.1 Å². The Kier molecular flexibility index (Phi) is 2.38. The van der Waals surface area contributed by atoms with E-state index in [0.29, 0.717) is 0 Å². The van der Waals surface area contributed by atoms with E-state index in [9.17, 15) is 9.59 Å². The summed E-state index contributed by atoms with van der Waals surface area (Å²) in [5, 5.41) is 2.86. The Morgan fingerprint density at radius 3 is 2.75 bits per heavy atom. The number of hydrogen-bond acceptors (Lipinski definition) is 2. The molecule has 3 heteroatoms. The summed E-state index contributed by atoms with van der Waals surface area (Å²) < 4.78 is 0. The number of allylic oxidation sites excluding steroid dienone is 1. The van der Waals surface area contributed by atoms with E-state index in [-0.39, 0.29) is 5.91 Å². The highest BCUT2D eigenvalue weighted by Gasteiger charge is 2.38. The second-order valence-electron chi connectivity index (χ2n) is 4.34. The van der Waals surface area contributed by atoms with Crippen molar-refractivity contribution in [1.82, 2.24) is 0 Å². The predicted molar refractivity (Wildman–Crippen MR) is 63.2 cm³/mol. The van der Waals surface area contributed by atoms with Gasteiger partial charge >= 0.3 is 0 Å². The van der Waals surface area contributed by atoms with Gasteiger partial charge < -0.3 is 5.32 Å². The molecule has 0 aliphatic carbocycles. The zero-order valence-corrected chi connectivity index (χ0v) is 9.28. The summed E-state index contributed by atoms with van der Waals surface area (Å²) in [4.78, 5) is 22.1. The van der Waals surface area contributed by atoms with Gasteiger partial charge in [0.05, 0.1) is 11.1 Å². The molecule has 2 rings (SSSR count). The summed E-state index contributed by atoms with van der Waals surface area (Å²) in [6, 6.07) is 5.71. The van der Waals surface area contributed by atoms with Gasteiger partial charge in [0.2, 0.25) is 5.91 Å². The predicted octanol–water partition coefficient (Wildman–Crippen LogP) is 2.13. The molecule has 0 saturated heterocycles. The first-order valence-corrected chi connectivity index (χ1v) is 5.14. The topological polar surface area (TPSA) is 46.2 Å². The van der Waals surface area contributed by atoms with Crippen LogP contribution in [-0.2, 0) is 15.0 Å². The van der Waals surface area contributed by atoms with Gasteiger partial charge in [0.1, 0.15) is 6.29 Å². The van der Waals surface area contributed by atoms with E-state index < -0.39 is 5.41 Å².